The Bertz CT molecular complexity index is 701. The van der Waals surface area contributed by atoms with E-state index >= 15 is 0 Å². The molecule has 0 aromatic heterocycles. The molecule has 5 fully saturated rings. The average molecular weight is 449 g/mol. The van der Waals surface area contributed by atoms with Crippen molar-refractivity contribution in [3.63, 3.8) is 0 Å². The van der Waals surface area contributed by atoms with E-state index in [2.05, 4.69) is 38.1 Å². The molecule has 0 heteroatoms. The van der Waals surface area contributed by atoms with Gasteiger partial charge in [-0.25, -0.2) is 0 Å². The van der Waals surface area contributed by atoms with Crippen molar-refractivity contribution in [2.24, 2.45) is 23.2 Å². The molecule has 0 unspecified atom stereocenters. The Kier molecular flexibility index (Phi) is 7.58. The highest BCUT2D eigenvalue weighted by molar-refractivity contribution is 5.33. The molecule has 5 aliphatic rings. The van der Waals surface area contributed by atoms with E-state index in [0.29, 0.717) is 5.41 Å². The molecule has 184 valence electrons. The van der Waals surface area contributed by atoms with Gasteiger partial charge in [0.25, 0.3) is 0 Å². The number of fused-ring (bicyclic) bond motifs is 3. The van der Waals surface area contributed by atoms with Gasteiger partial charge < -0.3 is 0 Å². The summed E-state index contributed by atoms with van der Waals surface area (Å²) in [6.45, 7) is 4.71. The lowest BCUT2D eigenvalue weighted by molar-refractivity contribution is -0.0294. The summed E-state index contributed by atoms with van der Waals surface area (Å²) >= 11 is 0. The van der Waals surface area contributed by atoms with Crippen LogP contribution in [0.15, 0.2) is 24.3 Å². The van der Waals surface area contributed by atoms with Gasteiger partial charge in [-0.05, 0) is 123 Å². The number of hydrogen-bond donors (Lipinski definition) is 0. The molecular formula is C33H52. The number of unbranched alkanes of at least 4 members (excludes halogenated alkanes) is 1. The Morgan fingerprint density at radius 3 is 1.79 bits per heavy atom. The quantitative estimate of drug-likeness (QED) is 0.371. The van der Waals surface area contributed by atoms with Crippen molar-refractivity contribution < 1.29 is 0 Å². The zero-order valence-corrected chi connectivity index (χ0v) is 22.1. The first-order valence-electron chi connectivity index (χ1n) is 15.3. The lowest BCUT2D eigenvalue weighted by atomic mass is 9.47. The third kappa shape index (κ3) is 4.97. The van der Waals surface area contributed by atoms with Gasteiger partial charge in [-0.15, -0.1) is 0 Å². The molecule has 1 aromatic rings. The maximum absolute atomic E-state index is 2.57. The minimum Gasteiger partial charge on any atom is -0.0654 e. The van der Waals surface area contributed by atoms with Gasteiger partial charge >= 0.3 is 0 Å². The van der Waals surface area contributed by atoms with E-state index in [0.717, 1.165) is 29.1 Å². The van der Waals surface area contributed by atoms with Gasteiger partial charge in [0.15, 0.2) is 0 Å². The Morgan fingerprint density at radius 1 is 0.636 bits per heavy atom. The molecule has 0 saturated heterocycles. The number of hydrogen-bond acceptors (Lipinski definition) is 0. The zero-order valence-electron chi connectivity index (χ0n) is 22.1. The normalized spacial score (nSPS) is 39.0. The van der Waals surface area contributed by atoms with Crippen LogP contribution in [-0.2, 0) is 5.41 Å². The molecule has 5 aliphatic carbocycles. The standard InChI is InChI=1S/C33H52/c1-3-5-7-27-10-16-30(17-11-27)32-20-23-33(24-21-32,25-22-32)31-18-14-29(15-19-31)28-12-8-26(6-4-2)9-13-28/h14-15,18-19,26-28,30H,3-13,16-17,20-25H2,1-2H3/t26-,27-,28-,30-,32?,33?. The molecule has 0 atom stereocenters. The Hall–Kier alpha value is -0.780. The summed E-state index contributed by atoms with van der Waals surface area (Å²) in [6.07, 6.45) is 28.2. The molecule has 0 N–H and O–H groups in total. The molecule has 2 bridgehead atoms. The van der Waals surface area contributed by atoms with Crippen molar-refractivity contribution in [3.05, 3.63) is 35.4 Å². The molecule has 0 radical (unpaired) electrons. The molecule has 0 nitrogen and oxygen atoms in total. The van der Waals surface area contributed by atoms with Crippen LogP contribution in [0.3, 0.4) is 0 Å². The summed E-state index contributed by atoms with van der Waals surface area (Å²) in [6, 6.07) is 10.2. The largest absolute Gasteiger partial charge is 0.0654 e. The summed E-state index contributed by atoms with van der Waals surface area (Å²) in [5, 5.41) is 0. The van der Waals surface area contributed by atoms with Crippen LogP contribution in [0, 0.1) is 23.2 Å². The predicted molar refractivity (Wildman–Crippen MR) is 143 cm³/mol. The Labute approximate surface area is 205 Å². The predicted octanol–water partition coefficient (Wildman–Crippen LogP) is 10.3. The fourth-order valence-corrected chi connectivity index (χ4v) is 9.12. The van der Waals surface area contributed by atoms with E-state index in [-0.39, 0.29) is 0 Å². The van der Waals surface area contributed by atoms with Crippen LogP contribution < -0.4 is 0 Å². The van der Waals surface area contributed by atoms with Crippen LogP contribution in [0.4, 0.5) is 0 Å². The van der Waals surface area contributed by atoms with Crippen molar-refractivity contribution in [3.8, 4) is 0 Å². The van der Waals surface area contributed by atoms with E-state index < -0.39 is 0 Å². The summed E-state index contributed by atoms with van der Waals surface area (Å²) in [4.78, 5) is 0. The third-order valence-electron chi connectivity index (χ3n) is 11.5. The lowest BCUT2D eigenvalue weighted by Crippen LogP contribution is -2.48. The van der Waals surface area contributed by atoms with E-state index in [4.69, 9.17) is 0 Å². The van der Waals surface area contributed by atoms with Gasteiger partial charge in [0.2, 0.25) is 0 Å². The average Bonchev–Trinajstić information content (AvgIpc) is 2.89. The molecule has 33 heavy (non-hydrogen) atoms. The first-order chi connectivity index (χ1) is 16.2. The smallest absolute Gasteiger partial charge is 0.00463 e. The number of benzene rings is 1. The van der Waals surface area contributed by atoms with Crippen LogP contribution in [0.1, 0.15) is 153 Å². The van der Waals surface area contributed by atoms with E-state index in [1.54, 1.807) is 36.8 Å². The summed E-state index contributed by atoms with van der Waals surface area (Å²) in [5.74, 6) is 3.96. The third-order valence-corrected chi connectivity index (χ3v) is 11.5. The van der Waals surface area contributed by atoms with Gasteiger partial charge in [0.05, 0.1) is 0 Å². The molecule has 6 rings (SSSR count). The maximum atomic E-state index is 2.57. The van der Waals surface area contributed by atoms with Gasteiger partial charge in [-0.1, -0.05) is 83.1 Å². The van der Waals surface area contributed by atoms with Crippen LogP contribution in [-0.4, -0.2) is 0 Å². The monoisotopic (exact) mass is 448 g/mol. The first kappa shape index (κ1) is 23.9. The summed E-state index contributed by atoms with van der Waals surface area (Å²) in [5.41, 5.74) is 4.60. The Balaban J connectivity index is 1.16. The second-order valence-electron chi connectivity index (χ2n) is 13.1. The molecule has 1 aromatic carbocycles. The second kappa shape index (κ2) is 10.5. The zero-order chi connectivity index (χ0) is 22.7. The van der Waals surface area contributed by atoms with Crippen LogP contribution in [0.2, 0.25) is 0 Å². The fourth-order valence-electron chi connectivity index (χ4n) is 9.12. The van der Waals surface area contributed by atoms with Crippen molar-refractivity contribution in [1.29, 1.82) is 0 Å². The van der Waals surface area contributed by atoms with Crippen LogP contribution in [0.25, 0.3) is 0 Å². The van der Waals surface area contributed by atoms with E-state index in [9.17, 15) is 0 Å². The highest BCUT2D eigenvalue weighted by atomic mass is 14.6. The molecule has 0 heterocycles. The molecular weight excluding hydrogens is 396 g/mol. The second-order valence-corrected chi connectivity index (χ2v) is 13.1. The van der Waals surface area contributed by atoms with Crippen molar-refractivity contribution in [2.45, 2.75) is 147 Å². The summed E-state index contributed by atoms with van der Waals surface area (Å²) < 4.78 is 0. The van der Waals surface area contributed by atoms with Crippen molar-refractivity contribution in [1.82, 2.24) is 0 Å². The minimum absolute atomic E-state index is 0.525. The summed E-state index contributed by atoms with van der Waals surface area (Å²) in [7, 11) is 0. The molecule has 0 amide bonds. The Morgan fingerprint density at radius 2 is 1.21 bits per heavy atom. The van der Waals surface area contributed by atoms with Gasteiger partial charge in [-0.3, -0.25) is 0 Å². The highest BCUT2D eigenvalue weighted by Crippen LogP contribution is 2.62. The molecule has 0 spiro atoms. The fraction of sp³-hybridized carbons (Fsp3) is 0.818. The first-order valence-corrected chi connectivity index (χ1v) is 15.3. The van der Waals surface area contributed by atoms with Crippen LogP contribution >= 0.6 is 0 Å². The lowest BCUT2D eigenvalue weighted by Gasteiger charge is -2.58. The van der Waals surface area contributed by atoms with Gasteiger partial charge in [-0.2, -0.15) is 0 Å². The van der Waals surface area contributed by atoms with Gasteiger partial charge in [0.1, 0.15) is 0 Å². The van der Waals surface area contributed by atoms with Crippen molar-refractivity contribution >= 4 is 0 Å². The van der Waals surface area contributed by atoms with E-state index in [1.165, 1.54) is 96.3 Å². The topological polar surface area (TPSA) is 0 Å². The minimum atomic E-state index is 0.525. The SMILES string of the molecule is CCCC[C@H]1CC[C@H](C23CCC(c4ccc([C@H]5CC[C@H](CCC)CC5)cc4)(CC2)CC3)CC1. The van der Waals surface area contributed by atoms with Gasteiger partial charge in [0, 0.05) is 0 Å². The van der Waals surface area contributed by atoms with E-state index in [1.807, 2.05) is 0 Å². The molecule has 5 saturated carbocycles. The molecule has 0 aliphatic heterocycles. The highest BCUT2D eigenvalue weighted by Gasteiger charge is 2.52. The number of rotatable bonds is 8. The maximum Gasteiger partial charge on any atom is -0.00463 e. The van der Waals surface area contributed by atoms with Crippen LogP contribution in [0.5, 0.6) is 0 Å². The van der Waals surface area contributed by atoms with Crippen molar-refractivity contribution in [2.75, 3.05) is 0 Å².